The van der Waals surface area contributed by atoms with Gasteiger partial charge in [-0.1, -0.05) is 29.8 Å². The van der Waals surface area contributed by atoms with Crippen molar-refractivity contribution in [3.05, 3.63) is 35.4 Å². The number of benzene rings is 1. The monoisotopic (exact) mass is 191 g/mol. The Morgan fingerprint density at radius 1 is 1.07 bits per heavy atom. The third kappa shape index (κ3) is 3.51. The van der Waals surface area contributed by atoms with Gasteiger partial charge in [-0.05, 0) is 40.2 Å². The van der Waals surface area contributed by atoms with Crippen LogP contribution in [0.4, 0.5) is 0 Å². The second-order valence-electron chi connectivity index (χ2n) is 5.03. The highest BCUT2D eigenvalue weighted by Gasteiger charge is 2.14. The van der Waals surface area contributed by atoms with E-state index in [1.54, 1.807) is 0 Å². The zero-order chi connectivity index (χ0) is 10.8. The predicted octanol–water partition coefficient (Wildman–Crippen LogP) is 3.44. The zero-order valence-corrected chi connectivity index (χ0v) is 9.89. The van der Waals surface area contributed by atoms with Gasteiger partial charge in [-0.3, -0.25) is 0 Å². The molecule has 0 aliphatic carbocycles. The van der Waals surface area contributed by atoms with Crippen molar-refractivity contribution in [2.45, 2.75) is 46.2 Å². The van der Waals surface area contributed by atoms with E-state index in [9.17, 15) is 0 Å². The molecule has 0 saturated carbocycles. The number of hydrogen-bond acceptors (Lipinski definition) is 1. The molecule has 1 heteroatoms. The van der Waals surface area contributed by atoms with Gasteiger partial charge in [-0.15, -0.1) is 0 Å². The Balaban J connectivity index is 2.70. The van der Waals surface area contributed by atoms with Crippen molar-refractivity contribution in [1.29, 1.82) is 0 Å². The smallest absolute Gasteiger partial charge is 0.0296 e. The summed E-state index contributed by atoms with van der Waals surface area (Å²) in [6, 6.07) is 9.12. The van der Waals surface area contributed by atoms with E-state index in [4.69, 9.17) is 0 Å². The molecule has 1 atom stereocenters. The van der Waals surface area contributed by atoms with Crippen LogP contribution in [0.15, 0.2) is 24.3 Å². The summed E-state index contributed by atoms with van der Waals surface area (Å²) in [6.07, 6.45) is 0. The first kappa shape index (κ1) is 11.3. The Morgan fingerprint density at radius 2 is 1.57 bits per heavy atom. The fourth-order valence-corrected chi connectivity index (χ4v) is 1.59. The van der Waals surface area contributed by atoms with Crippen molar-refractivity contribution >= 4 is 0 Å². The highest BCUT2D eigenvalue weighted by atomic mass is 15.0. The number of aryl methyl sites for hydroxylation is 1. The van der Waals surface area contributed by atoms with E-state index in [0.717, 1.165) is 0 Å². The number of hydrogen-bond donors (Lipinski definition) is 1. The van der Waals surface area contributed by atoms with Gasteiger partial charge in [-0.2, -0.15) is 0 Å². The lowest BCUT2D eigenvalue weighted by molar-refractivity contribution is 0.378. The molecule has 14 heavy (non-hydrogen) atoms. The van der Waals surface area contributed by atoms with Crippen LogP contribution in [0, 0.1) is 6.92 Å². The number of rotatable bonds is 2. The van der Waals surface area contributed by atoms with Crippen LogP contribution in [-0.2, 0) is 0 Å². The second-order valence-corrected chi connectivity index (χ2v) is 5.03. The lowest BCUT2D eigenvalue weighted by Crippen LogP contribution is -2.37. The van der Waals surface area contributed by atoms with Crippen LogP contribution in [0.1, 0.15) is 44.9 Å². The second kappa shape index (κ2) is 4.14. The van der Waals surface area contributed by atoms with E-state index in [1.807, 2.05) is 0 Å². The van der Waals surface area contributed by atoms with Crippen molar-refractivity contribution in [2.75, 3.05) is 0 Å². The van der Waals surface area contributed by atoms with Crippen LogP contribution in [0.2, 0.25) is 0 Å². The standard InChI is InChI=1S/C13H21N/c1-10-6-8-12(9-7-10)11(2)14-13(3,4)5/h6-9,11,14H,1-5H3/t11-/m1/s1. The minimum Gasteiger partial charge on any atom is -0.306 e. The zero-order valence-electron chi connectivity index (χ0n) is 9.89. The van der Waals surface area contributed by atoms with E-state index < -0.39 is 0 Å². The molecule has 0 aliphatic heterocycles. The SMILES string of the molecule is Cc1ccc([C@@H](C)NC(C)(C)C)cc1. The van der Waals surface area contributed by atoms with Gasteiger partial charge in [0.05, 0.1) is 0 Å². The first-order valence-corrected chi connectivity index (χ1v) is 5.23. The van der Waals surface area contributed by atoms with Crippen LogP contribution < -0.4 is 5.32 Å². The molecular weight excluding hydrogens is 170 g/mol. The minimum absolute atomic E-state index is 0.171. The molecule has 0 radical (unpaired) electrons. The molecule has 0 aromatic heterocycles. The Morgan fingerprint density at radius 3 is 2.00 bits per heavy atom. The highest BCUT2D eigenvalue weighted by Crippen LogP contribution is 2.16. The molecule has 1 rings (SSSR count). The van der Waals surface area contributed by atoms with Gasteiger partial charge >= 0.3 is 0 Å². The molecule has 0 unspecified atom stereocenters. The van der Waals surface area contributed by atoms with Crippen LogP contribution in [0.5, 0.6) is 0 Å². The average molecular weight is 191 g/mol. The molecule has 0 heterocycles. The van der Waals surface area contributed by atoms with Gasteiger partial charge in [-0.25, -0.2) is 0 Å². The molecule has 0 fully saturated rings. The lowest BCUT2D eigenvalue weighted by atomic mass is 10.0. The summed E-state index contributed by atoms with van der Waals surface area (Å²) >= 11 is 0. The van der Waals surface area contributed by atoms with Gasteiger partial charge < -0.3 is 5.32 Å². The molecule has 0 amide bonds. The molecule has 0 saturated heterocycles. The Labute approximate surface area is 87.5 Å². The molecule has 0 bridgehead atoms. The molecule has 1 aromatic rings. The van der Waals surface area contributed by atoms with Crippen LogP contribution in [-0.4, -0.2) is 5.54 Å². The van der Waals surface area contributed by atoms with Crippen molar-refractivity contribution in [1.82, 2.24) is 5.32 Å². The predicted molar refractivity (Wildman–Crippen MR) is 62.5 cm³/mol. The van der Waals surface area contributed by atoms with Crippen LogP contribution in [0.3, 0.4) is 0 Å². The van der Waals surface area contributed by atoms with Crippen LogP contribution >= 0.6 is 0 Å². The van der Waals surface area contributed by atoms with Crippen molar-refractivity contribution in [2.24, 2.45) is 0 Å². The van der Waals surface area contributed by atoms with Gasteiger partial charge in [0.15, 0.2) is 0 Å². The van der Waals surface area contributed by atoms with E-state index in [0.29, 0.717) is 6.04 Å². The maximum absolute atomic E-state index is 3.55. The first-order chi connectivity index (χ1) is 6.38. The molecular formula is C13H21N. The molecule has 0 aliphatic rings. The van der Waals surface area contributed by atoms with E-state index >= 15 is 0 Å². The van der Waals surface area contributed by atoms with Crippen LogP contribution in [0.25, 0.3) is 0 Å². The summed E-state index contributed by atoms with van der Waals surface area (Å²) in [5.74, 6) is 0. The van der Waals surface area contributed by atoms with E-state index in [1.165, 1.54) is 11.1 Å². The van der Waals surface area contributed by atoms with E-state index in [2.05, 4.69) is 64.2 Å². The summed E-state index contributed by atoms with van der Waals surface area (Å²) in [5, 5.41) is 3.55. The molecule has 1 N–H and O–H groups in total. The maximum Gasteiger partial charge on any atom is 0.0296 e. The maximum atomic E-state index is 3.55. The third-order valence-corrected chi connectivity index (χ3v) is 2.23. The van der Waals surface area contributed by atoms with Crippen molar-refractivity contribution in [3.63, 3.8) is 0 Å². The Bertz CT molecular complexity index is 279. The van der Waals surface area contributed by atoms with E-state index in [-0.39, 0.29) is 5.54 Å². The van der Waals surface area contributed by atoms with Gasteiger partial charge in [0, 0.05) is 11.6 Å². The van der Waals surface area contributed by atoms with Crippen molar-refractivity contribution in [3.8, 4) is 0 Å². The quantitative estimate of drug-likeness (QED) is 0.755. The third-order valence-electron chi connectivity index (χ3n) is 2.23. The van der Waals surface area contributed by atoms with Gasteiger partial charge in [0.1, 0.15) is 0 Å². The fourth-order valence-electron chi connectivity index (χ4n) is 1.59. The lowest BCUT2D eigenvalue weighted by Gasteiger charge is -2.26. The van der Waals surface area contributed by atoms with Gasteiger partial charge in [0.25, 0.3) is 0 Å². The largest absolute Gasteiger partial charge is 0.306 e. The fraction of sp³-hybridized carbons (Fsp3) is 0.538. The highest BCUT2D eigenvalue weighted by molar-refractivity contribution is 5.23. The average Bonchev–Trinajstić information content (AvgIpc) is 2.02. The summed E-state index contributed by atoms with van der Waals surface area (Å²) in [4.78, 5) is 0. The topological polar surface area (TPSA) is 12.0 Å². The summed E-state index contributed by atoms with van der Waals surface area (Å²) < 4.78 is 0. The van der Waals surface area contributed by atoms with Gasteiger partial charge in [0.2, 0.25) is 0 Å². The van der Waals surface area contributed by atoms with Crippen molar-refractivity contribution < 1.29 is 0 Å². The Kier molecular flexibility index (Phi) is 3.33. The normalized spacial score (nSPS) is 14.1. The first-order valence-electron chi connectivity index (χ1n) is 5.23. The number of nitrogens with one attached hydrogen (secondary N) is 1. The summed E-state index contributed by atoms with van der Waals surface area (Å²) in [7, 11) is 0. The molecule has 78 valence electrons. The molecule has 1 nitrogen and oxygen atoms in total. The molecule has 0 spiro atoms. The minimum atomic E-state index is 0.171. The Hall–Kier alpha value is -0.820. The molecule has 1 aromatic carbocycles. The summed E-state index contributed by atoms with van der Waals surface area (Å²) in [6.45, 7) is 10.9. The summed E-state index contributed by atoms with van der Waals surface area (Å²) in [5.41, 5.74) is 2.84.